The topological polar surface area (TPSA) is 67.4 Å². The van der Waals surface area contributed by atoms with Crippen LogP contribution in [0.1, 0.15) is 34.8 Å². The van der Waals surface area contributed by atoms with Crippen LogP contribution in [0, 0.1) is 6.92 Å². The zero-order valence-corrected chi connectivity index (χ0v) is 17.1. The second kappa shape index (κ2) is 6.87. The summed E-state index contributed by atoms with van der Waals surface area (Å²) < 4.78 is 5.37. The van der Waals surface area contributed by atoms with Gasteiger partial charge in [-0.3, -0.25) is 4.79 Å². The molecule has 2 aromatic carbocycles. The minimum atomic E-state index is -0.474. The molecule has 1 aliphatic carbocycles. The highest BCUT2D eigenvalue weighted by Crippen LogP contribution is 2.55. The maximum Gasteiger partial charge on any atom is 0.339 e. The molecule has 0 amide bonds. The summed E-state index contributed by atoms with van der Waals surface area (Å²) in [6.45, 7) is 4.89. The number of esters is 1. The van der Waals surface area contributed by atoms with E-state index in [0.717, 1.165) is 35.5 Å². The van der Waals surface area contributed by atoms with E-state index in [4.69, 9.17) is 4.74 Å². The highest BCUT2D eigenvalue weighted by molar-refractivity contribution is 6.13. The predicted molar refractivity (Wildman–Crippen MR) is 115 cm³/mol. The number of anilines is 1. The van der Waals surface area contributed by atoms with Crippen LogP contribution in [-0.2, 0) is 14.9 Å². The van der Waals surface area contributed by atoms with E-state index in [1.165, 1.54) is 0 Å². The van der Waals surface area contributed by atoms with Crippen molar-refractivity contribution in [1.82, 2.24) is 5.32 Å². The number of carbonyl (C=O) groups is 2. The average Bonchev–Trinajstić information content (AvgIpc) is 3.35. The zero-order valence-electron chi connectivity index (χ0n) is 17.1. The van der Waals surface area contributed by atoms with Gasteiger partial charge in [-0.15, -0.1) is 0 Å². The molecule has 1 spiro atoms. The summed E-state index contributed by atoms with van der Waals surface area (Å²) in [6.07, 6.45) is 2.54. The molecule has 5 rings (SSSR count). The van der Waals surface area contributed by atoms with Crippen LogP contribution >= 0.6 is 0 Å². The van der Waals surface area contributed by atoms with Gasteiger partial charge in [-0.05, 0) is 37.5 Å². The van der Waals surface area contributed by atoms with Crippen molar-refractivity contribution in [3.05, 3.63) is 88.1 Å². The third-order valence-corrected chi connectivity index (χ3v) is 6.48. The number of ether oxygens (including phenoxy) is 1. The van der Waals surface area contributed by atoms with Gasteiger partial charge in [0.05, 0.1) is 23.6 Å². The van der Waals surface area contributed by atoms with Gasteiger partial charge < -0.3 is 15.4 Å². The first-order chi connectivity index (χ1) is 14.6. The minimum absolute atomic E-state index is 0.0642. The molecule has 2 heterocycles. The summed E-state index contributed by atoms with van der Waals surface area (Å²) in [4.78, 5) is 26.5. The standard InChI is InChI=1S/C25H24N2O3/c1-3-30-24(29)18-14-17(21(28)16-9-5-4-6-10-16)23-25(12-13-26-22(18)25)19-11-7-8-15(2)20(19)27-23/h4-11,14,23,26-27H,3,12-13H2,1-2H3/t23-,25+/m0/s1. The van der Waals surface area contributed by atoms with E-state index in [1.54, 1.807) is 13.0 Å². The number of nitrogens with one attached hydrogen (secondary N) is 2. The second-order valence-corrected chi connectivity index (χ2v) is 8.03. The molecule has 0 unspecified atom stereocenters. The Kier molecular flexibility index (Phi) is 4.28. The fourth-order valence-electron chi connectivity index (χ4n) is 5.19. The van der Waals surface area contributed by atoms with E-state index in [0.29, 0.717) is 16.7 Å². The van der Waals surface area contributed by atoms with Gasteiger partial charge in [-0.2, -0.15) is 0 Å². The van der Waals surface area contributed by atoms with E-state index in [-0.39, 0.29) is 24.4 Å². The average molecular weight is 400 g/mol. The van der Waals surface area contributed by atoms with Crippen molar-refractivity contribution in [2.24, 2.45) is 0 Å². The number of ketones is 1. The van der Waals surface area contributed by atoms with Crippen LogP contribution in [0.4, 0.5) is 5.69 Å². The molecule has 0 saturated carbocycles. The molecule has 0 bridgehead atoms. The first-order valence-electron chi connectivity index (χ1n) is 10.4. The van der Waals surface area contributed by atoms with Gasteiger partial charge in [0.15, 0.2) is 5.78 Å². The van der Waals surface area contributed by atoms with Gasteiger partial charge in [-0.25, -0.2) is 4.79 Å². The van der Waals surface area contributed by atoms with Gasteiger partial charge in [0.25, 0.3) is 0 Å². The molecule has 2 atom stereocenters. The van der Waals surface area contributed by atoms with Crippen LogP contribution in [0.3, 0.4) is 0 Å². The molecule has 0 radical (unpaired) electrons. The number of carbonyl (C=O) groups excluding carboxylic acids is 2. The molecule has 1 saturated heterocycles. The second-order valence-electron chi connectivity index (χ2n) is 8.03. The number of aryl methyl sites for hydroxylation is 1. The SMILES string of the molecule is CCOC(=O)C1=C2NCC[C@@]23c2cccc(C)c2N[C@H]3C(C(=O)c2ccccc2)=C1. The monoisotopic (exact) mass is 400 g/mol. The van der Waals surface area contributed by atoms with Crippen molar-refractivity contribution in [3.8, 4) is 0 Å². The largest absolute Gasteiger partial charge is 0.462 e. The van der Waals surface area contributed by atoms with E-state index < -0.39 is 5.41 Å². The quantitative estimate of drug-likeness (QED) is 0.606. The smallest absolute Gasteiger partial charge is 0.339 e. The van der Waals surface area contributed by atoms with Crippen LogP contribution < -0.4 is 10.6 Å². The summed E-state index contributed by atoms with van der Waals surface area (Å²) >= 11 is 0. The first kappa shape index (κ1) is 18.7. The lowest BCUT2D eigenvalue weighted by Crippen LogP contribution is -2.46. The Balaban J connectivity index is 1.74. The maximum absolute atomic E-state index is 13.6. The third-order valence-electron chi connectivity index (χ3n) is 6.48. The molecule has 2 N–H and O–H groups in total. The fraction of sp³-hybridized carbons (Fsp3) is 0.280. The van der Waals surface area contributed by atoms with Gasteiger partial charge in [0.1, 0.15) is 0 Å². The Morgan fingerprint density at radius 3 is 2.70 bits per heavy atom. The lowest BCUT2D eigenvalue weighted by Gasteiger charge is -2.37. The number of rotatable bonds is 4. The van der Waals surface area contributed by atoms with E-state index >= 15 is 0 Å². The highest BCUT2D eigenvalue weighted by atomic mass is 16.5. The van der Waals surface area contributed by atoms with Crippen LogP contribution in [-0.4, -0.2) is 30.9 Å². The number of fused-ring (bicyclic) bond motifs is 1. The number of benzene rings is 2. The van der Waals surface area contributed by atoms with Crippen molar-refractivity contribution < 1.29 is 14.3 Å². The number of para-hydroxylation sites is 1. The molecular formula is C25H24N2O3. The summed E-state index contributed by atoms with van der Waals surface area (Å²) in [5, 5.41) is 7.10. The summed E-state index contributed by atoms with van der Waals surface area (Å²) in [6, 6.07) is 15.2. The Bertz CT molecular complexity index is 1120. The number of hydrogen-bond acceptors (Lipinski definition) is 5. The van der Waals surface area contributed by atoms with Gasteiger partial charge in [0, 0.05) is 29.1 Å². The van der Waals surface area contributed by atoms with Crippen LogP contribution in [0.2, 0.25) is 0 Å². The zero-order chi connectivity index (χ0) is 20.9. The fourth-order valence-corrected chi connectivity index (χ4v) is 5.19. The maximum atomic E-state index is 13.6. The molecule has 30 heavy (non-hydrogen) atoms. The number of Topliss-reactive ketones (excluding diaryl/α,β-unsaturated/α-hetero) is 1. The highest BCUT2D eigenvalue weighted by Gasteiger charge is 2.57. The van der Waals surface area contributed by atoms with Gasteiger partial charge >= 0.3 is 5.97 Å². The van der Waals surface area contributed by atoms with Crippen LogP contribution in [0.5, 0.6) is 0 Å². The van der Waals surface area contributed by atoms with E-state index in [2.05, 4.69) is 29.7 Å². The van der Waals surface area contributed by atoms with Crippen molar-refractivity contribution in [2.75, 3.05) is 18.5 Å². The van der Waals surface area contributed by atoms with Crippen molar-refractivity contribution >= 4 is 17.4 Å². The van der Waals surface area contributed by atoms with Crippen LogP contribution in [0.25, 0.3) is 0 Å². The molecule has 3 aliphatic rings. The molecule has 0 aromatic heterocycles. The summed E-state index contributed by atoms with van der Waals surface area (Å²) in [5.41, 5.74) is 5.40. The van der Waals surface area contributed by atoms with Gasteiger partial charge in [0.2, 0.25) is 0 Å². The molecule has 152 valence electrons. The van der Waals surface area contributed by atoms with E-state index in [1.807, 2.05) is 36.4 Å². The third kappa shape index (κ3) is 2.48. The molecule has 5 heteroatoms. The predicted octanol–water partition coefficient (Wildman–Crippen LogP) is 3.66. The van der Waals surface area contributed by atoms with Crippen molar-refractivity contribution in [1.29, 1.82) is 0 Å². The lowest BCUT2D eigenvalue weighted by molar-refractivity contribution is -0.138. The molecule has 1 fully saturated rings. The molecule has 2 aromatic rings. The molecule has 2 aliphatic heterocycles. The normalized spacial score (nSPS) is 23.5. The Morgan fingerprint density at radius 1 is 1.13 bits per heavy atom. The molecule has 5 nitrogen and oxygen atoms in total. The Labute approximate surface area is 175 Å². The van der Waals surface area contributed by atoms with Crippen molar-refractivity contribution in [3.63, 3.8) is 0 Å². The Hall–Kier alpha value is -3.34. The van der Waals surface area contributed by atoms with E-state index in [9.17, 15) is 9.59 Å². The first-order valence-corrected chi connectivity index (χ1v) is 10.4. The van der Waals surface area contributed by atoms with Crippen molar-refractivity contribution in [2.45, 2.75) is 31.7 Å². The molecular weight excluding hydrogens is 376 g/mol. The van der Waals surface area contributed by atoms with Gasteiger partial charge in [-0.1, -0.05) is 48.5 Å². The summed E-state index contributed by atoms with van der Waals surface area (Å²) in [5.74, 6) is -0.454. The van der Waals surface area contributed by atoms with Crippen LogP contribution in [0.15, 0.2) is 71.5 Å². The lowest BCUT2D eigenvalue weighted by atomic mass is 9.66. The Morgan fingerprint density at radius 2 is 1.93 bits per heavy atom. The minimum Gasteiger partial charge on any atom is -0.462 e. The number of hydrogen-bond donors (Lipinski definition) is 2. The summed E-state index contributed by atoms with van der Waals surface area (Å²) in [7, 11) is 0.